The number of nitrogens with one attached hydrogen (secondary N) is 1. The van der Waals surface area contributed by atoms with Crippen molar-refractivity contribution in [1.29, 1.82) is 10.5 Å². The van der Waals surface area contributed by atoms with Crippen molar-refractivity contribution in [3.63, 3.8) is 0 Å². The summed E-state index contributed by atoms with van der Waals surface area (Å²) in [7, 11) is 0. The summed E-state index contributed by atoms with van der Waals surface area (Å²) in [4.78, 5) is 4.01. The third-order valence-corrected chi connectivity index (χ3v) is 2.28. The van der Waals surface area contributed by atoms with Crippen LogP contribution >= 0.6 is 0 Å². The van der Waals surface area contributed by atoms with Crippen molar-refractivity contribution in [2.45, 2.75) is 0 Å². The molecule has 18 heavy (non-hydrogen) atoms. The Balaban J connectivity index is 2.36. The van der Waals surface area contributed by atoms with Gasteiger partial charge in [-0.15, -0.1) is 0 Å². The van der Waals surface area contributed by atoms with Crippen molar-refractivity contribution in [3.8, 4) is 12.1 Å². The Morgan fingerprint density at radius 2 is 1.89 bits per heavy atom. The molecular formula is C13H7FN4. The van der Waals surface area contributed by atoms with Gasteiger partial charge in [0.15, 0.2) is 0 Å². The van der Waals surface area contributed by atoms with Gasteiger partial charge in [0.2, 0.25) is 0 Å². The van der Waals surface area contributed by atoms with E-state index in [9.17, 15) is 4.39 Å². The lowest BCUT2D eigenvalue weighted by molar-refractivity contribution is 0.624. The molecule has 0 radical (unpaired) electrons. The fraction of sp³-hybridized carbons (Fsp3) is 0. The molecule has 0 spiro atoms. The predicted molar refractivity (Wildman–Crippen MR) is 63.3 cm³/mol. The molecule has 0 saturated heterocycles. The van der Waals surface area contributed by atoms with Crippen LogP contribution in [0.25, 0.3) is 0 Å². The molecule has 4 nitrogen and oxygen atoms in total. The maximum absolute atomic E-state index is 13.1. The van der Waals surface area contributed by atoms with E-state index in [1.807, 2.05) is 6.07 Å². The highest BCUT2D eigenvalue weighted by Crippen LogP contribution is 2.20. The van der Waals surface area contributed by atoms with Crippen LogP contribution in [0.15, 0.2) is 36.5 Å². The minimum Gasteiger partial charge on any atom is -0.339 e. The number of nitriles is 2. The second-order valence-electron chi connectivity index (χ2n) is 3.44. The zero-order valence-electron chi connectivity index (χ0n) is 9.18. The van der Waals surface area contributed by atoms with Crippen LogP contribution < -0.4 is 5.32 Å². The minimum absolute atomic E-state index is 0.0607. The zero-order valence-corrected chi connectivity index (χ0v) is 9.18. The molecule has 1 aromatic heterocycles. The molecule has 0 amide bonds. The number of hydrogen-bond acceptors (Lipinski definition) is 4. The van der Waals surface area contributed by atoms with Crippen LogP contribution in [0, 0.1) is 28.5 Å². The highest BCUT2D eigenvalue weighted by Gasteiger charge is 2.06. The first-order chi connectivity index (χ1) is 8.74. The Bertz CT molecular complexity index is 667. The van der Waals surface area contributed by atoms with E-state index < -0.39 is 5.82 Å². The van der Waals surface area contributed by atoms with Gasteiger partial charge in [0.05, 0.1) is 11.1 Å². The summed E-state index contributed by atoms with van der Waals surface area (Å²) in [5.41, 5.74) is 0.818. The summed E-state index contributed by atoms with van der Waals surface area (Å²) < 4.78 is 13.1. The first-order valence-electron chi connectivity index (χ1n) is 5.06. The smallest absolute Gasteiger partial charge is 0.148 e. The SMILES string of the molecule is N#Cc1cc(Nc2ncccc2C#N)ccc1F. The van der Waals surface area contributed by atoms with E-state index in [4.69, 9.17) is 10.5 Å². The molecule has 0 bridgehead atoms. The number of pyridine rings is 1. The van der Waals surface area contributed by atoms with E-state index in [0.717, 1.165) is 0 Å². The zero-order chi connectivity index (χ0) is 13.0. The van der Waals surface area contributed by atoms with Crippen LogP contribution in [0.3, 0.4) is 0 Å². The third kappa shape index (κ3) is 2.26. The van der Waals surface area contributed by atoms with Crippen molar-refractivity contribution >= 4 is 11.5 Å². The molecule has 1 N–H and O–H groups in total. The van der Waals surface area contributed by atoms with Gasteiger partial charge in [-0.25, -0.2) is 9.37 Å². The molecule has 1 aromatic carbocycles. The molecule has 0 saturated carbocycles. The van der Waals surface area contributed by atoms with Crippen LogP contribution in [0.5, 0.6) is 0 Å². The van der Waals surface area contributed by atoms with Crippen LogP contribution in [-0.2, 0) is 0 Å². The molecule has 86 valence electrons. The topological polar surface area (TPSA) is 72.5 Å². The first-order valence-corrected chi connectivity index (χ1v) is 5.06. The standard InChI is InChI=1S/C13H7FN4/c14-12-4-3-11(6-10(12)8-16)18-13-9(7-15)2-1-5-17-13/h1-6H,(H,17,18). The summed E-state index contributed by atoms with van der Waals surface area (Å²) in [6.07, 6.45) is 1.54. The molecule has 0 fully saturated rings. The average molecular weight is 238 g/mol. The second kappa shape index (κ2) is 4.94. The molecule has 0 aliphatic rings. The predicted octanol–water partition coefficient (Wildman–Crippen LogP) is 2.71. The van der Waals surface area contributed by atoms with Gasteiger partial charge in [0.1, 0.15) is 23.8 Å². The monoisotopic (exact) mass is 238 g/mol. The van der Waals surface area contributed by atoms with Gasteiger partial charge in [-0.1, -0.05) is 0 Å². The molecule has 0 aliphatic carbocycles. The lowest BCUT2D eigenvalue weighted by Crippen LogP contribution is -1.97. The molecule has 0 unspecified atom stereocenters. The molecule has 2 aromatic rings. The van der Waals surface area contributed by atoms with Crippen molar-refractivity contribution in [1.82, 2.24) is 4.98 Å². The van der Waals surface area contributed by atoms with Gasteiger partial charge in [-0.3, -0.25) is 0 Å². The molecule has 5 heteroatoms. The Morgan fingerprint density at radius 1 is 1.11 bits per heavy atom. The molecular weight excluding hydrogens is 231 g/mol. The summed E-state index contributed by atoms with van der Waals surface area (Å²) in [5, 5.41) is 20.5. The Hall–Kier alpha value is -2.92. The number of benzene rings is 1. The van der Waals surface area contributed by atoms with Crippen LogP contribution in [-0.4, -0.2) is 4.98 Å². The van der Waals surface area contributed by atoms with Gasteiger partial charge in [0, 0.05) is 11.9 Å². The van der Waals surface area contributed by atoms with Crippen molar-refractivity contribution < 1.29 is 4.39 Å². The largest absolute Gasteiger partial charge is 0.339 e. The number of anilines is 2. The highest BCUT2D eigenvalue weighted by molar-refractivity contribution is 5.63. The Labute approximate surface area is 103 Å². The number of rotatable bonds is 2. The van der Waals surface area contributed by atoms with E-state index in [-0.39, 0.29) is 5.56 Å². The van der Waals surface area contributed by atoms with E-state index in [1.54, 1.807) is 18.2 Å². The quantitative estimate of drug-likeness (QED) is 0.872. The van der Waals surface area contributed by atoms with Gasteiger partial charge < -0.3 is 5.32 Å². The maximum atomic E-state index is 13.1. The Morgan fingerprint density at radius 3 is 2.61 bits per heavy atom. The summed E-state index contributed by atoms with van der Waals surface area (Å²) >= 11 is 0. The summed E-state index contributed by atoms with van der Waals surface area (Å²) in [6.45, 7) is 0. The fourth-order valence-corrected chi connectivity index (χ4v) is 1.42. The minimum atomic E-state index is -0.579. The van der Waals surface area contributed by atoms with Gasteiger partial charge in [-0.2, -0.15) is 10.5 Å². The van der Waals surface area contributed by atoms with Gasteiger partial charge in [0.25, 0.3) is 0 Å². The Kier molecular flexibility index (Phi) is 3.17. The van der Waals surface area contributed by atoms with Crippen molar-refractivity contribution in [2.24, 2.45) is 0 Å². The first kappa shape index (κ1) is 11.6. The third-order valence-electron chi connectivity index (χ3n) is 2.28. The molecule has 0 aliphatic heterocycles. The van der Waals surface area contributed by atoms with Crippen LogP contribution in [0.4, 0.5) is 15.9 Å². The van der Waals surface area contributed by atoms with E-state index in [0.29, 0.717) is 17.1 Å². The number of hydrogen-bond donors (Lipinski definition) is 1. The second-order valence-corrected chi connectivity index (χ2v) is 3.44. The van der Waals surface area contributed by atoms with E-state index in [2.05, 4.69) is 10.3 Å². The fourth-order valence-electron chi connectivity index (χ4n) is 1.42. The van der Waals surface area contributed by atoms with E-state index in [1.165, 1.54) is 24.4 Å². The lowest BCUT2D eigenvalue weighted by Gasteiger charge is -2.07. The molecule has 0 atom stereocenters. The lowest BCUT2D eigenvalue weighted by atomic mass is 10.2. The van der Waals surface area contributed by atoms with Crippen molar-refractivity contribution in [3.05, 3.63) is 53.5 Å². The highest BCUT2D eigenvalue weighted by atomic mass is 19.1. The summed E-state index contributed by atoms with van der Waals surface area (Å²) in [6, 6.07) is 11.0. The molecule has 2 rings (SSSR count). The number of halogens is 1. The maximum Gasteiger partial charge on any atom is 0.148 e. The van der Waals surface area contributed by atoms with Gasteiger partial charge >= 0.3 is 0 Å². The van der Waals surface area contributed by atoms with E-state index >= 15 is 0 Å². The van der Waals surface area contributed by atoms with Crippen molar-refractivity contribution in [2.75, 3.05) is 5.32 Å². The van der Waals surface area contributed by atoms with Crippen LogP contribution in [0.1, 0.15) is 11.1 Å². The average Bonchev–Trinajstić information content (AvgIpc) is 2.41. The van der Waals surface area contributed by atoms with Gasteiger partial charge in [-0.05, 0) is 30.3 Å². The van der Waals surface area contributed by atoms with Crippen LogP contribution in [0.2, 0.25) is 0 Å². The summed E-state index contributed by atoms with van der Waals surface area (Å²) in [5.74, 6) is -0.208. The normalized spacial score (nSPS) is 9.28. The number of nitrogens with zero attached hydrogens (tertiary/aromatic N) is 3. The number of aromatic nitrogens is 1. The molecule has 1 heterocycles.